The Bertz CT molecular complexity index is 418. The quantitative estimate of drug-likeness (QED) is 0.803. The van der Waals surface area contributed by atoms with Gasteiger partial charge in [-0.05, 0) is 32.1 Å². The van der Waals surface area contributed by atoms with Crippen LogP contribution in [0.3, 0.4) is 0 Å². The van der Waals surface area contributed by atoms with Crippen molar-refractivity contribution in [2.45, 2.75) is 75.5 Å². The number of amides is 2. The molecule has 1 spiro atoms. The Labute approximate surface area is 126 Å². The highest BCUT2D eigenvalue weighted by Crippen LogP contribution is 2.41. The van der Waals surface area contributed by atoms with Crippen molar-refractivity contribution in [3.63, 3.8) is 0 Å². The summed E-state index contributed by atoms with van der Waals surface area (Å²) in [6.07, 6.45) is 9.84. The number of imide groups is 1. The van der Waals surface area contributed by atoms with Crippen molar-refractivity contribution >= 4 is 11.8 Å². The topological polar surface area (TPSA) is 58.6 Å². The van der Waals surface area contributed by atoms with Gasteiger partial charge < -0.3 is 10.1 Å². The second-order valence-electron chi connectivity index (χ2n) is 6.81. The molecule has 0 aromatic rings. The summed E-state index contributed by atoms with van der Waals surface area (Å²) >= 11 is 0. The minimum absolute atomic E-state index is 0.0728. The molecule has 2 saturated heterocycles. The smallest absolute Gasteiger partial charge is 0.246 e. The molecule has 5 heteroatoms. The zero-order valence-electron chi connectivity index (χ0n) is 12.9. The van der Waals surface area contributed by atoms with Crippen LogP contribution in [0.2, 0.25) is 0 Å². The summed E-state index contributed by atoms with van der Waals surface area (Å²) in [5.74, 6) is -0.173. The lowest BCUT2D eigenvalue weighted by molar-refractivity contribution is -0.148. The summed E-state index contributed by atoms with van der Waals surface area (Å²) in [6.45, 7) is 0.722. The average molecular weight is 294 g/mol. The SMILES string of the molecule is CN1C(=O)CCC(NCC2CCC3(CCCCC3)O2)C1=O. The third kappa shape index (κ3) is 3.14. The van der Waals surface area contributed by atoms with Crippen LogP contribution >= 0.6 is 0 Å². The molecule has 2 atom stereocenters. The van der Waals surface area contributed by atoms with Crippen molar-refractivity contribution in [3.05, 3.63) is 0 Å². The van der Waals surface area contributed by atoms with Gasteiger partial charge in [0.15, 0.2) is 0 Å². The van der Waals surface area contributed by atoms with Crippen LogP contribution in [0.4, 0.5) is 0 Å². The molecule has 2 amide bonds. The number of rotatable bonds is 3. The van der Waals surface area contributed by atoms with E-state index in [1.165, 1.54) is 37.0 Å². The van der Waals surface area contributed by atoms with Gasteiger partial charge in [0.1, 0.15) is 0 Å². The van der Waals surface area contributed by atoms with Gasteiger partial charge >= 0.3 is 0 Å². The number of carbonyl (C=O) groups excluding carboxylic acids is 2. The second kappa shape index (κ2) is 6.05. The van der Waals surface area contributed by atoms with Crippen molar-refractivity contribution in [1.82, 2.24) is 10.2 Å². The molecule has 21 heavy (non-hydrogen) atoms. The average Bonchev–Trinajstić information content (AvgIpc) is 2.88. The Morgan fingerprint density at radius 1 is 1.19 bits per heavy atom. The third-order valence-corrected chi connectivity index (χ3v) is 5.34. The number of likely N-dealkylation sites (tertiary alicyclic amines) is 1. The fourth-order valence-corrected chi connectivity index (χ4v) is 3.98. The number of likely N-dealkylation sites (N-methyl/N-ethyl adjacent to an activating group) is 1. The van der Waals surface area contributed by atoms with E-state index in [2.05, 4.69) is 5.32 Å². The molecule has 0 aromatic heterocycles. The van der Waals surface area contributed by atoms with Crippen LogP contribution in [0, 0.1) is 0 Å². The van der Waals surface area contributed by atoms with E-state index in [9.17, 15) is 9.59 Å². The number of nitrogens with one attached hydrogen (secondary N) is 1. The third-order valence-electron chi connectivity index (χ3n) is 5.34. The van der Waals surface area contributed by atoms with E-state index in [0.717, 1.165) is 19.4 Å². The molecule has 2 heterocycles. The monoisotopic (exact) mass is 294 g/mol. The van der Waals surface area contributed by atoms with Crippen molar-refractivity contribution in [2.24, 2.45) is 0 Å². The van der Waals surface area contributed by atoms with Crippen LogP contribution in [-0.2, 0) is 14.3 Å². The number of piperidine rings is 1. The van der Waals surface area contributed by atoms with Crippen molar-refractivity contribution in [3.8, 4) is 0 Å². The van der Waals surface area contributed by atoms with Gasteiger partial charge in [0.25, 0.3) is 0 Å². The van der Waals surface area contributed by atoms with Crippen LogP contribution in [0.25, 0.3) is 0 Å². The molecule has 118 valence electrons. The van der Waals surface area contributed by atoms with Gasteiger partial charge in [0.2, 0.25) is 11.8 Å². The Morgan fingerprint density at radius 3 is 2.71 bits per heavy atom. The van der Waals surface area contributed by atoms with Crippen LogP contribution in [0.1, 0.15) is 57.8 Å². The zero-order chi connectivity index (χ0) is 14.9. The van der Waals surface area contributed by atoms with Crippen molar-refractivity contribution in [2.75, 3.05) is 13.6 Å². The van der Waals surface area contributed by atoms with Crippen LogP contribution in [-0.4, -0.2) is 48.1 Å². The number of hydrogen-bond donors (Lipinski definition) is 1. The van der Waals surface area contributed by atoms with Gasteiger partial charge in [-0.25, -0.2) is 0 Å². The standard InChI is InChI=1S/C16H26N2O3/c1-18-14(19)6-5-13(15(18)20)17-11-12-7-10-16(21-12)8-3-2-4-9-16/h12-13,17H,2-11H2,1H3. The summed E-state index contributed by atoms with van der Waals surface area (Å²) in [5.41, 5.74) is 0.133. The Kier molecular flexibility index (Phi) is 4.31. The van der Waals surface area contributed by atoms with E-state index >= 15 is 0 Å². The van der Waals surface area contributed by atoms with Crippen molar-refractivity contribution in [1.29, 1.82) is 0 Å². The number of ether oxygens (including phenoxy) is 1. The summed E-state index contributed by atoms with van der Waals surface area (Å²) in [5, 5.41) is 3.32. The normalized spacial score (nSPS) is 32.9. The molecule has 2 aliphatic heterocycles. The molecule has 0 aromatic carbocycles. The number of carbonyl (C=O) groups is 2. The fourth-order valence-electron chi connectivity index (χ4n) is 3.98. The lowest BCUT2D eigenvalue weighted by Gasteiger charge is -2.34. The molecule has 1 saturated carbocycles. The fraction of sp³-hybridized carbons (Fsp3) is 0.875. The zero-order valence-corrected chi connectivity index (χ0v) is 12.9. The Balaban J connectivity index is 1.48. The van der Waals surface area contributed by atoms with Crippen LogP contribution < -0.4 is 5.32 Å². The molecule has 5 nitrogen and oxygen atoms in total. The second-order valence-corrected chi connectivity index (χ2v) is 6.81. The predicted molar refractivity (Wildman–Crippen MR) is 78.7 cm³/mol. The molecule has 3 fully saturated rings. The number of nitrogens with zero attached hydrogens (tertiary/aromatic N) is 1. The summed E-state index contributed by atoms with van der Waals surface area (Å²) < 4.78 is 6.31. The van der Waals surface area contributed by atoms with Crippen molar-refractivity contribution < 1.29 is 14.3 Å². The molecule has 2 unspecified atom stereocenters. The largest absolute Gasteiger partial charge is 0.370 e. The summed E-state index contributed by atoms with van der Waals surface area (Å²) in [6, 6.07) is -0.223. The summed E-state index contributed by atoms with van der Waals surface area (Å²) in [7, 11) is 1.57. The molecule has 0 bridgehead atoms. The lowest BCUT2D eigenvalue weighted by Crippen LogP contribution is -2.52. The first-order chi connectivity index (χ1) is 10.1. The predicted octanol–water partition coefficient (Wildman–Crippen LogP) is 1.61. The first-order valence-electron chi connectivity index (χ1n) is 8.31. The maximum atomic E-state index is 12.0. The van der Waals surface area contributed by atoms with Crippen LogP contribution in [0.15, 0.2) is 0 Å². The molecule has 1 N–H and O–H groups in total. The maximum Gasteiger partial charge on any atom is 0.246 e. The number of hydrogen-bond acceptors (Lipinski definition) is 4. The van der Waals surface area contributed by atoms with E-state index in [1.807, 2.05) is 0 Å². The van der Waals surface area contributed by atoms with Gasteiger partial charge in [-0.15, -0.1) is 0 Å². The maximum absolute atomic E-state index is 12.0. The van der Waals surface area contributed by atoms with E-state index in [4.69, 9.17) is 4.74 Å². The molecular weight excluding hydrogens is 268 g/mol. The first-order valence-corrected chi connectivity index (χ1v) is 8.31. The minimum atomic E-state index is -0.223. The van der Waals surface area contributed by atoms with E-state index < -0.39 is 0 Å². The van der Waals surface area contributed by atoms with Gasteiger partial charge in [-0.2, -0.15) is 0 Å². The molecule has 0 radical (unpaired) electrons. The minimum Gasteiger partial charge on any atom is -0.370 e. The van der Waals surface area contributed by atoms with Crippen LogP contribution in [0.5, 0.6) is 0 Å². The lowest BCUT2D eigenvalue weighted by atomic mass is 9.83. The van der Waals surface area contributed by atoms with Gasteiger partial charge in [-0.3, -0.25) is 14.5 Å². The van der Waals surface area contributed by atoms with Gasteiger partial charge in [0, 0.05) is 20.0 Å². The molecule has 1 aliphatic carbocycles. The van der Waals surface area contributed by atoms with E-state index in [1.54, 1.807) is 7.05 Å². The Morgan fingerprint density at radius 2 is 1.95 bits per heavy atom. The van der Waals surface area contributed by atoms with Gasteiger partial charge in [-0.1, -0.05) is 19.3 Å². The highest BCUT2D eigenvalue weighted by Gasteiger charge is 2.41. The molecule has 3 rings (SSSR count). The first kappa shape index (κ1) is 15.0. The van der Waals surface area contributed by atoms with E-state index in [0.29, 0.717) is 12.8 Å². The summed E-state index contributed by atoms with van der Waals surface area (Å²) in [4.78, 5) is 24.8. The van der Waals surface area contributed by atoms with E-state index in [-0.39, 0.29) is 29.6 Å². The molecule has 3 aliphatic rings. The highest BCUT2D eigenvalue weighted by atomic mass is 16.5. The molecular formula is C16H26N2O3. The van der Waals surface area contributed by atoms with Gasteiger partial charge in [0.05, 0.1) is 17.7 Å². The highest BCUT2D eigenvalue weighted by molar-refractivity contribution is 6.00. The Hall–Kier alpha value is -0.940.